The van der Waals surface area contributed by atoms with Gasteiger partial charge in [0.2, 0.25) is 0 Å². The number of halogens is 1. The Hall–Kier alpha value is -1.52. The highest BCUT2D eigenvalue weighted by molar-refractivity contribution is 7.17. The van der Waals surface area contributed by atoms with Crippen LogP contribution < -0.4 is 4.74 Å². The van der Waals surface area contributed by atoms with Gasteiger partial charge in [-0.2, -0.15) is 0 Å². The average molecular weight is 295 g/mol. The highest BCUT2D eigenvalue weighted by Gasteiger charge is 2.24. The minimum Gasteiger partial charge on any atom is -0.495 e. The molecule has 19 heavy (non-hydrogen) atoms. The molecule has 0 aliphatic heterocycles. The molecule has 0 amide bonds. The van der Waals surface area contributed by atoms with E-state index in [1.165, 1.54) is 11.3 Å². The summed E-state index contributed by atoms with van der Waals surface area (Å²) < 4.78 is 5.22. The van der Waals surface area contributed by atoms with Crippen LogP contribution in [0.4, 0.5) is 0 Å². The first-order valence-corrected chi connectivity index (χ1v) is 7.03. The Kier molecular flexibility index (Phi) is 2.99. The smallest absolute Gasteiger partial charge is 0.345 e. The Labute approximate surface area is 119 Å². The molecule has 0 saturated heterocycles. The van der Waals surface area contributed by atoms with Gasteiger partial charge >= 0.3 is 5.97 Å². The van der Waals surface area contributed by atoms with Crippen LogP contribution in [0.2, 0.25) is 5.02 Å². The van der Waals surface area contributed by atoms with Crippen LogP contribution in [-0.2, 0) is 12.8 Å². The minimum absolute atomic E-state index is 0.379. The number of aromatic carboxylic acids is 1. The Morgan fingerprint density at radius 1 is 1.42 bits per heavy atom. The summed E-state index contributed by atoms with van der Waals surface area (Å²) in [6, 6.07) is 5.56. The third-order valence-electron chi connectivity index (χ3n) is 3.34. The fourth-order valence-electron chi connectivity index (χ4n) is 2.42. The second-order valence-corrected chi connectivity index (χ2v) is 5.81. The van der Waals surface area contributed by atoms with Gasteiger partial charge in [0.15, 0.2) is 0 Å². The molecule has 2 aromatic rings. The van der Waals surface area contributed by atoms with Crippen molar-refractivity contribution in [2.75, 3.05) is 7.11 Å². The van der Waals surface area contributed by atoms with Crippen LogP contribution in [0.3, 0.4) is 0 Å². The summed E-state index contributed by atoms with van der Waals surface area (Å²) in [6.07, 6.45) is 1.63. The summed E-state index contributed by atoms with van der Waals surface area (Å²) >= 11 is 7.64. The van der Waals surface area contributed by atoms with E-state index in [1.54, 1.807) is 13.2 Å². The molecular formula is C14H11ClO3S. The van der Waals surface area contributed by atoms with E-state index in [2.05, 4.69) is 0 Å². The van der Waals surface area contributed by atoms with Crippen LogP contribution in [0.5, 0.6) is 5.75 Å². The predicted octanol–water partition coefficient (Wildman–Crippen LogP) is 3.87. The lowest BCUT2D eigenvalue weighted by molar-refractivity contribution is 0.0702. The first-order valence-electron chi connectivity index (χ1n) is 5.83. The number of carboxylic acids is 1. The average Bonchev–Trinajstić information content (AvgIpc) is 2.83. The van der Waals surface area contributed by atoms with Crippen LogP contribution in [0.15, 0.2) is 18.2 Å². The molecule has 0 bridgehead atoms. The molecule has 1 aliphatic rings. The lowest BCUT2D eigenvalue weighted by Crippen LogP contribution is -2.02. The Morgan fingerprint density at radius 2 is 2.21 bits per heavy atom. The van der Waals surface area contributed by atoms with E-state index < -0.39 is 5.97 Å². The summed E-state index contributed by atoms with van der Waals surface area (Å²) in [5, 5.41) is 9.72. The van der Waals surface area contributed by atoms with Crippen molar-refractivity contribution in [3.8, 4) is 16.2 Å². The third-order valence-corrected chi connectivity index (χ3v) is 4.95. The molecule has 0 unspecified atom stereocenters. The lowest BCUT2D eigenvalue weighted by atomic mass is 9.91. The molecule has 0 radical (unpaired) electrons. The van der Waals surface area contributed by atoms with Gasteiger partial charge in [-0.05, 0) is 47.7 Å². The second kappa shape index (κ2) is 4.54. The summed E-state index contributed by atoms with van der Waals surface area (Å²) in [7, 11) is 1.59. The zero-order valence-corrected chi connectivity index (χ0v) is 11.8. The Bertz CT molecular complexity index is 676. The highest BCUT2D eigenvalue weighted by Crippen LogP contribution is 2.44. The Morgan fingerprint density at radius 3 is 2.89 bits per heavy atom. The van der Waals surface area contributed by atoms with E-state index in [4.69, 9.17) is 21.4 Å². The summed E-state index contributed by atoms with van der Waals surface area (Å²) in [5.41, 5.74) is 3.17. The van der Waals surface area contributed by atoms with Crippen LogP contribution >= 0.6 is 22.9 Å². The molecule has 0 fully saturated rings. The van der Waals surface area contributed by atoms with Crippen molar-refractivity contribution in [1.82, 2.24) is 0 Å². The topological polar surface area (TPSA) is 46.5 Å². The number of rotatable bonds is 2. The SMILES string of the molecule is COc1ccc2c(c1Cl)CCc1cc(C(=O)O)sc1-2. The van der Waals surface area contributed by atoms with Crippen LogP contribution in [-0.4, -0.2) is 18.2 Å². The number of thiophene rings is 1. The number of carbonyl (C=O) groups is 1. The number of aryl methyl sites for hydroxylation is 1. The van der Waals surface area contributed by atoms with Gasteiger partial charge in [0.05, 0.1) is 12.1 Å². The van der Waals surface area contributed by atoms with E-state index in [-0.39, 0.29) is 0 Å². The van der Waals surface area contributed by atoms with Crippen molar-refractivity contribution in [1.29, 1.82) is 0 Å². The number of methoxy groups -OCH3 is 1. The molecule has 3 nitrogen and oxygen atoms in total. The first-order chi connectivity index (χ1) is 9.11. The molecule has 98 valence electrons. The van der Waals surface area contributed by atoms with Crippen molar-refractivity contribution < 1.29 is 14.6 Å². The van der Waals surface area contributed by atoms with Gasteiger partial charge in [0.1, 0.15) is 10.6 Å². The van der Waals surface area contributed by atoms with Crippen LogP contribution in [0.1, 0.15) is 20.8 Å². The van der Waals surface area contributed by atoms with Gasteiger partial charge in [0, 0.05) is 4.88 Å². The molecule has 1 aliphatic carbocycles. The zero-order valence-electron chi connectivity index (χ0n) is 10.2. The first kappa shape index (κ1) is 12.5. The van der Waals surface area contributed by atoms with Crippen LogP contribution in [0.25, 0.3) is 10.4 Å². The van der Waals surface area contributed by atoms with Gasteiger partial charge in [-0.3, -0.25) is 0 Å². The summed E-state index contributed by atoms with van der Waals surface area (Å²) in [5.74, 6) is -0.209. The van der Waals surface area contributed by atoms with Gasteiger partial charge in [-0.15, -0.1) is 11.3 Å². The van der Waals surface area contributed by atoms with Crippen molar-refractivity contribution >= 4 is 28.9 Å². The van der Waals surface area contributed by atoms with Crippen molar-refractivity contribution in [3.05, 3.63) is 39.2 Å². The maximum absolute atomic E-state index is 11.1. The maximum atomic E-state index is 11.1. The van der Waals surface area contributed by atoms with E-state index in [0.29, 0.717) is 15.6 Å². The van der Waals surface area contributed by atoms with Gasteiger partial charge in [0.25, 0.3) is 0 Å². The van der Waals surface area contributed by atoms with Crippen molar-refractivity contribution in [2.24, 2.45) is 0 Å². The highest BCUT2D eigenvalue weighted by atomic mass is 35.5. The predicted molar refractivity (Wildman–Crippen MR) is 75.7 cm³/mol. The normalized spacial score (nSPS) is 12.7. The number of benzene rings is 1. The molecule has 3 rings (SSSR count). The largest absolute Gasteiger partial charge is 0.495 e. The molecule has 1 heterocycles. The number of carboxylic acid groups (broad SMARTS) is 1. The van der Waals surface area contributed by atoms with Crippen molar-refractivity contribution in [2.45, 2.75) is 12.8 Å². The molecule has 5 heteroatoms. The number of hydrogen-bond acceptors (Lipinski definition) is 3. The molecule has 0 atom stereocenters. The zero-order chi connectivity index (χ0) is 13.6. The molecule has 1 N–H and O–H groups in total. The Balaban J connectivity index is 2.19. The monoisotopic (exact) mass is 294 g/mol. The minimum atomic E-state index is -0.874. The van der Waals surface area contributed by atoms with E-state index in [9.17, 15) is 4.79 Å². The van der Waals surface area contributed by atoms with E-state index in [1.807, 2.05) is 12.1 Å². The fraction of sp³-hybridized carbons (Fsp3) is 0.214. The van der Waals surface area contributed by atoms with E-state index in [0.717, 1.165) is 34.4 Å². The van der Waals surface area contributed by atoms with Crippen molar-refractivity contribution in [3.63, 3.8) is 0 Å². The molecule has 1 aromatic carbocycles. The molecule has 0 spiro atoms. The molecule has 1 aromatic heterocycles. The molecule has 0 saturated carbocycles. The number of fused-ring (bicyclic) bond motifs is 3. The number of hydrogen-bond donors (Lipinski definition) is 1. The summed E-state index contributed by atoms with van der Waals surface area (Å²) in [6.45, 7) is 0. The third kappa shape index (κ3) is 1.91. The van der Waals surface area contributed by atoms with Crippen LogP contribution in [0, 0.1) is 0 Å². The standard InChI is InChI=1S/C14H11ClO3S/c1-18-10-5-4-9-8(12(10)15)3-2-7-6-11(14(16)17)19-13(7)9/h4-6H,2-3H2,1H3,(H,16,17). The van der Waals surface area contributed by atoms with Gasteiger partial charge in [-0.25, -0.2) is 4.79 Å². The lowest BCUT2D eigenvalue weighted by Gasteiger charge is -2.18. The van der Waals surface area contributed by atoms with Gasteiger partial charge in [-0.1, -0.05) is 11.6 Å². The van der Waals surface area contributed by atoms with Gasteiger partial charge < -0.3 is 9.84 Å². The summed E-state index contributed by atoms with van der Waals surface area (Å²) in [4.78, 5) is 12.5. The maximum Gasteiger partial charge on any atom is 0.345 e. The number of ether oxygens (including phenoxy) is 1. The quantitative estimate of drug-likeness (QED) is 0.914. The van der Waals surface area contributed by atoms with E-state index >= 15 is 0 Å². The second-order valence-electron chi connectivity index (χ2n) is 4.38. The molecular weight excluding hydrogens is 284 g/mol. The fourth-order valence-corrected chi connectivity index (χ4v) is 3.86.